The van der Waals surface area contributed by atoms with Gasteiger partial charge in [0.15, 0.2) is 0 Å². The van der Waals surface area contributed by atoms with Gasteiger partial charge in [0.1, 0.15) is 19.8 Å². The van der Waals surface area contributed by atoms with Crippen molar-refractivity contribution in [3.05, 3.63) is 30.1 Å². The highest BCUT2D eigenvalue weighted by Crippen LogP contribution is 2.24. The molecular formula is C23H36N2O3Si. The Balaban J connectivity index is 1.83. The number of hydrogen-bond acceptors (Lipinski definition) is 4. The molecule has 0 saturated carbocycles. The molecule has 0 spiro atoms. The summed E-state index contributed by atoms with van der Waals surface area (Å²) in [4.78, 5) is 18.1. The lowest BCUT2D eigenvalue weighted by molar-refractivity contribution is 0.0158. The molecule has 29 heavy (non-hydrogen) atoms. The molecule has 1 aliphatic heterocycles. The molecule has 160 valence electrons. The molecule has 1 aromatic rings. The minimum absolute atomic E-state index is 0.202. The molecule has 5 nitrogen and oxygen atoms in total. The van der Waals surface area contributed by atoms with Gasteiger partial charge in [-0.3, -0.25) is 4.98 Å². The van der Waals surface area contributed by atoms with Gasteiger partial charge in [0.05, 0.1) is 0 Å². The number of rotatable bonds is 5. The van der Waals surface area contributed by atoms with Crippen LogP contribution in [0.1, 0.15) is 51.7 Å². The Hall–Kier alpha value is -1.84. The molecule has 1 atom stereocenters. The van der Waals surface area contributed by atoms with Crippen LogP contribution in [0.15, 0.2) is 24.5 Å². The number of hydrogen-bond donors (Lipinski definition) is 0. The van der Waals surface area contributed by atoms with E-state index in [1.807, 2.05) is 37.8 Å². The topological polar surface area (TPSA) is 51.7 Å². The lowest BCUT2D eigenvalue weighted by atomic mass is 9.94. The Kier molecular flexibility index (Phi) is 8.30. The van der Waals surface area contributed by atoms with Crippen LogP contribution >= 0.6 is 0 Å². The Labute approximate surface area is 177 Å². The van der Waals surface area contributed by atoms with Crippen LogP contribution in [0.4, 0.5) is 4.79 Å². The Morgan fingerprint density at radius 1 is 1.24 bits per heavy atom. The fraction of sp³-hybridized carbons (Fsp3) is 0.652. The van der Waals surface area contributed by atoms with Gasteiger partial charge in [-0.2, -0.15) is 0 Å². The average Bonchev–Trinajstić information content (AvgIpc) is 2.63. The lowest BCUT2D eigenvalue weighted by Crippen LogP contribution is -2.41. The fourth-order valence-electron chi connectivity index (χ4n) is 3.12. The fourth-order valence-corrected chi connectivity index (χ4v) is 3.69. The third-order valence-corrected chi connectivity index (χ3v) is 5.56. The van der Waals surface area contributed by atoms with Gasteiger partial charge < -0.3 is 14.4 Å². The highest BCUT2D eigenvalue weighted by Gasteiger charge is 2.26. The van der Waals surface area contributed by atoms with Crippen LogP contribution < -0.4 is 0 Å². The number of amides is 1. The zero-order chi connectivity index (χ0) is 21.5. The van der Waals surface area contributed by atoms with E-state index < -0.39 is 13.7 Å². The molecule has 1 aromatic heterocycles. The molecule has 0 N–H and O–H groups in total. The first-order chi connectivity index (χ1) is 13.5. The van der Waals surface area contributed by atoms with E-state index in [2.05, 4.69) is 36.1 Å². The minimum Gasteiger partial charge on any atom is -0.444 e. The summed E-state index contributed by atoms with van der Waals surface area (Å²) in [6.07, 6.45) is 6.13. The SMILES string of the molecule is CC(C)(C)OC(=O)N1CCC(CCOC(C#C[Si](C)(C)C)c2ccncc2)CC1. The average molecular weight is 417 g/mol. The Morgan fingerprint density at radius 3 is 2.41 bits per heavy atom. The van der Waals surface area contributed by atoms with Gasteiger partial charge in [-0.1, -0.05) is 25.6 Å². The van der Waals surface area contributed by atoms with E-state index in [-0.39, 0.29) is 12.2 Å². The van der Waals surface area contributed by atoms with Crippen LogP contribution in [0, 0.1) is 17.4 Å². The second-order valence-corrected chi connectivity index (χ2v) is 14.5. The predicted octanol–water partition coefficient (Wildman–Crippen LogP) is 5.06. The van der Waals surface area contributed by atoms with Crippen LogP contribution in [0.5, 0.6) is 0 Å². The zero-order valence-electron chi connectivity index (χ0n) is 18.8. The van der Waals surface area contributed by atoms with Gasteiger partial charge >= 0.3 is 6.09 Å². The molecule has 1 aliphatic rings. The van der Waals surface area contributed by atoms with Crippen molar-refractivity contribution in [2.24, 2.45) is 5.92 Å². The van der Waals surface area contributed by atoms with E-state index in [0.717, 1.165) is 37.9 Å². The number of nitrogens with zero attached hydrogens (tertiary/aromatic N) is 2. The maximum absolute atomic E-state index is 12.2. The van der Waals surface area contributed by atoms with Crippen molar-refractivity contribution in [1.82, 2.24) is 9.88 Å². The van der Waals surface area contributed by atoms with Gasteiger partial charge in [0, 0.05) is 32.1 Å². The smallest absolute Gasteiger partial charge is 0.410 e. The van der Waals surface area contributed by atoms with E-state index in [4.69, 9.17) is 9.47 Å². The van der Waals surface area contributed by atoms with Gasteiger partial charge in [-0.25, -0.2) is 4.79 Å². The van der Waals surface area contributed by atoms with E-state index in [9.17, 15) is 4.79 Å². The highest BCUT2D eigenvalue weighted by molar-refractivity contribution is 6.83. The molecule has 1 amide bonds. The van der Waals surface area contributed by atoms with Gasteiger partial charge in [-0.15, -0.1) is 5.54 Å². The first-order valence-electron chi connectivity index (χ1n) is 10.6. The first-order valence-corrected chi connectivity index (χ1v) is 14.1. The summed E-state index contributed by atoms with van der Waals surface area (Å²) in [6.45, 7) is 14.6. The lowest BCUT2D eigenvalue weighted by Gasteiger charge is -2.33. The number of likely N-dealkylation sites (tertiary alicyclic amines) is 1. The summed E-state index contributed by atoms with van der Waals surface area (Å²) in [5.41, 5.74) is 4.05. The van der Waals surface area contributed by atoms with Crippen LogP contribution in [-0.4, -0.2) is 49.3 Å². The predicted molar refractivity (Wildman–Crippen MR) is 119 cm³/mol. The number of carbonyl (C=O) groups excluding carboxylic acids is 1. The summed E-state index contributed by atoms with van der Waals surface area (Å²) in [5, 5.41) is 0. The van der Waals surface area contributed by atoms with Crippen LogP contribution in [-0.2, 0) is 9.47 Å². The quantitative estimate of drug-likeness (QED) is 0.497. The van der Waals surface area contributed by atoms with Crippen molar-refractivity contribution in [2.75, 3.05) is 19.7 Å². The van der Waals surface area contributed by atoms with E-state index in [1.54, 1.807) is 12.4 Å². The summed E-state index contributed by atoms with van der Waals surface area (Å²) in [5.74, 6) is 3.92. The number of pyridine rings is 1. The number of aromatic nitrogens is 1. The van der Waals surface area contributed by atoms with Gasteiger partial charge in [0.25, 0.3) is 0 Å². The normalized spacial score (nSPS) is 16.7. The Morgan fingerprint density at radius 2 is 1.86 bits per heavy atom. The van der Waals surface area contributed by atoms with Crippen molar-refractivity contribution in [2.45, 2.75) is 71.4 Å². The molecule has 2 rings (SSSR count). The first kappa shape index (κ1) is 23.4. The van der Waals surface area contributed by atoms with Crippen LogP contribution in [0.25, 0.3) is 0 Å². The Bertz CT molecular complexity index is 706. The molecule has 6 heteroatoms. The van der Waals surface area contributed by atoms with E-state index in [1.165, 1.54) is 0 Å². The van der Waals surface area contributed by atoms with Crippen LogP contribution in [0.3, 0.4) is 0 Å². The van der Waals surface area contributed by atoms with Crippen molar-refractivity contribution in [3.63, 3.8) is 0 Å². The third kappa shape index (κ3) is 9.01. The number of carbonyl (C=O) groups is 1. The van der Waals surface area contributed by atoms with E-state index >= 15 is 0 Å². The second-order valence-electron chi connectivity index (χ2n) is 9.75. The maximum Gasteiger partial charge on any atom is 0.410 e. The van der Waals surface area contributed by atoms with Crippen molar-refractivity contribution >= 4 is 14.2 Å². The van der Waals surface area contributed by atoms with Crippen molar-refractivity contribution in [1.29, 1.82) is 0 Å². The molecule has 1 fully saturated rings. The molecule has 0 aliphatic carbocycles. The van der Waals surface area contributed by atoms with Crippen LogP contribution in [0.2, 0.25) is 19.6 Å². The molecule has 0 bridgehead atoms. The van der Waals surface area contributed by atoms with Gasteiger partial charge in [0.2, 0.25) is 0 Å². The molecule has 1 unspecified atom stereocenters. The monoisotopic (exact) mass is 416 g/mol. The molecule has 1 saturated heterocycles. The molecular weight excluding hydrogens is 380 g/mol. The minimum atomic E-state index is -1.47. The summed E-state index contributed by atoms with van der Waals surface area (Å²) in [6, 6.07) is 3.95. The number of ether oxygens (including phenoxy) is 2. The highest BCUT2D eigenvalue weighted by atomic mass is 28.3. The molecule has 2 heterocycles. The zero-order valence-corrected chi connectivity index (χ0v) is 19.8. The second kappa shape index (κ2) is 10.3. The summed E-state index contributed by atoms with van der Waals surface area (Å²) in [7, 11) is -1.47. The third-order valence-electron chi connectivity index (χ3n) is 4.66. The summed E-state index contributed by atoms with van der Waals surface area (Å²) < 4.78 is 11.7. The standard InChI is InChI=1S/C23H36N2O3Si/c1-23(2,3)28-22(26)25-15-9-19(10-16-25)11-17-27-21(12-18-29(4,5)6)20-7-13-24-14-8-20/h7-8,13-14,19,21H,9-11,15-17H2,1-6H3. The van der Waals surface area contributed by atoms with E-state index in [0.29, 0.717) is 12.5 Å². The number of piperidine rings is 1. The molecule has 0 radical (unpaired) electrons. The molecule has 0 aromatic carbocycles. The van der Waals surface area contributed by atoms with Crippen molar-refractivity contribution < 1.29 is 14.3 Å². The van der Waals surface area contributed by atoms with Crippen molar-refractivity contribution in [3.8, 4) is 11.5 Å². The van der Waals surface area contributed by atoms with Gasteiger partial charge in [-0.05, 0) is 63.6 Å². The maximum atomic E-state index is 12.2. The largest absolute Gasteiger partial charge is 0.444 e. The summed E-state index contributed by atoms with van der Waals surface area (Å²) >= 11 is 0.